The number of nitrogens with zero attached hydrogens (tertiary/aromatic N) is 1. The smallest absolute Gasteiger partial charge is 0.165 e. The Morgan fingerprint density at radius 1 is 1.42 bits per heavy atom. The van der Waals surface area contributed by atoms with Crippen LogP contribution in [0.4, 0.5) is 5.69 Å². The lowest BCUT2D eigenvalue weighted by Gasteiger charge is -1.97. The van der Waals surface area contributed by atoms with Crippen LogP contribution in [0.25, 0.3) is 0 Å². The fourth-order valence-electron chi connectivity index (χ4n) is 0.692. The Balaban J connectivity index is 2.60. The number of benzene rings is 1. The van der Waals surface area contributed by atoms with Crippen LogP contribution in [0.2, 0.25) is 0 Å². The van der Waals surface area contributed by atoms with Crippen LogP contribution < -0.4 is 5.43 Å². The highest BCUT2D eigenvalue weighted by Gasteiger charge is 1.86. The van der Waals surface area contributed by atoms with E-state index in [1.54, 1.807) is 6.92 Å². The fraction of sp³-hybridized carbons (Fsp3) is 0.111. The third-order valence-electron chi connectivity index (χ3n) is 1.31. The van der Waals surface area contributed by atoms with E-state index in [0.717, 1.165) is 5.69 Å². The number of nitrogens with one attached hydrogen (secondary N) is 1. The van der Waals surface area contributed by atoms with Crippen molar-refractivity contribution in [3.63, 3.8) is 0 Å². The maximum absolute atomic E-state index is 10.2. The van der Waals surface area contributed by atoms with E-state index in [2.05, 4.69) is 10.5 Å². The molecule has 0 aliphatic heterocycles. The quantitative estimate of drug-likeness (QED) is 0.417. The molecular weight excluding hydrogens is 152 g/mol. The molecule has 0 amide bonds. The van der Waals surface area contributed by atoms with Crippen LogP contribution in [-0.2, 0) is 4.79 Å². The van der Waals surface area contributed by atoms with Gasteiger partial charge < -0.3 is 0 Å². The highest BCUT2D eigenvalue weighted by Crippen LogP contribution is 2.03. The lowest BCUT2D eigenvalue weighted by molar-refractivity contribution is -0.102. The van der Waals surface area contributed by atoms with E-state index in [1.807, 2.05) is 30.3 Å². The first-order valence-corrected chi connectivity index (χ1v) is 3.63. The molecule has 0 atom stereocenters. The van der Waals surface area contributed by atoms with Crippen molar-refractivity contribution in [3.8, 4) is 0 Å². The maximum atomic E-state index is 10.2. The average molecular weight is 162 g/mol. The highest BCUT2D eigenvalue weighted by atomic mass is 16.1. The molecule has 0 aliphatic carbocycles. The van der Waals surface area contributed by atoms with Crippen LogP contribution in [0.1, 0.15) is 6.92 Å². The molecule has 1 aromatic rings. The molecule has 1 rings (SSSR count). The van der Waals surface area contributed by atoms with Crippen molar-refractivity contribution in [1.29, 1.82) is 0 Å². The van der Waals surface area contributed by atoms with E-state index in [-0.39, 0.29) is 0 Å². The Kier molecular flexibility index (Phi) is 3.02. The summed E-state index contributed by atoms with van der Waals surface area (Å²) in [7, 11) is 0. The summed E-state index contributed by atoms with van der Waals surface area (Å²) >= 11 is 0. The summed E-state index contributed by atoms with van der Waals surface area (Å²) in [6.45, 7) is 1.64. The summed E-state index contributed by atoms with van der Waals surface area (Å²) in [6.07, 6.45) is 0.704. The molecule has 0 saturated heterocycles. The standard InChI is InChI=1S/C9H10N2O/c1-8(7-12)10-11-9-5-3-2-4-6-9/h2-7,11H,1H3/b10-8+. The van der Waals surface area contributed by atoms with Gasteiger partial charge >= 0.3 is 0 Å². The molecule has 0 aromatic heterocycles. The van der Waals surface area contributed by atoms with Crippen LogP contribution in [-0.4, -0.2) is 12.0 Å². The van der Waals surface area contributed by atoms with Crippen LogP contribution in [0, 0.1) is 0 Å². The maximum Gasteiger partial charge on any atom is 0.165 e. The molecule has 1 N–H and O–H groups in total. The van der Waals surface area contributed by atoms with Crippen LogP contribution >= 0.6 is 0 Å². The summed E-state index contributed by atoms with van der Waals surface area (Å²) < 4.78 is 0. The predicted molar refractivity (Wildman–Crippen MR) is 49.2 cm³/mol. The highest BCUT2D eigenvalue weighted by molar-refractivity contribution is 6.27. The van der Waals surface area contributed by atoms with Gasteiger partial charge in [-0.15, -0.1) is 0 Å². The van der Waals surface area contributed by atoms with Gasteiger partial charge in [-0.05, 0) is 19.1 Å². The van der Waals surface area contributed by atoms with Gasteiger partial charge in [-0.25, -0.2) is 0 Å². The molecule has 0 radical (unpaired) electrons. The SMILES string of the molecule is C/C(C=O)=N\Nc1ccccc1. The normalized spacial score (nSPS) is 10.9. The fourth-order valence-corrected chi connectivity index (χ4v) is 0.692. The number of hydrogen-bond acceptors (Lipinski definition) is 3. The number of hydrogen-bond donors (Lipinski definition) is 1. The van der Waals surface area contributed by atoms with Gasteiger partial charge in [-0.1, -0.05) is 18.2 Å². The van der Waals surface area contributed by atoms with Gasteiger partial charge in [0, 0.05) is 0 Å². The van der Waals surface area contributed by atoms with Crippen LogP contribution in [0.15, 0.2) is 35.4 Å². The van der Waals surface area contributed by atoms with Crippen LogP contribution in [0.5, 0.6) is 0 Å². The molecular formula is C9H10N2O. The molecule has 0 unspecified atom stereocenters. The zero-order chi connectivity index (χ0) is 8.81. The van der Waals surface area contributed by atoms with Crippen molar-refractivity contribution >= 4 is 17.7 Å². The minimum Gasteiger partial charge on any atom is -0.296 e. The molecule has 0 bridgehead atoms. The van der Waals surface area contributed by atoms with Gasteiger partial charge in [0.25, 0.3) is 0 Å². The Bertz CT molecular complexity index is 280. The number of hydrazone groups is 1. The second kappa shape index (κ2) is 4.28. The first kappa shape index (κ1) is 8.46. The lowest BCUT2D eigenvalue weighted by atomic mass is 10.3. The van der Waals surface area contributed by atoms with E-state index in [4.69, 9.17) is 0 Å². The molecule has 0 aliphatic rings. The minimum atomic E-state index is 0.429. The van der Waals surface area contributed by atoms with Crippen molar-refractivity contribution < 1.29 is 4.79 Å². The van der Waals surface area contributed by atoms with E-state index in [1.165, 1.54) is 0 Å². The molecule has 3 heteroatoms. The van der Waals surface area contributed by atoms with Crippen molar-refractivity contribution in [3.05, 3.63) is 30.3 Å². The largest absolute Gasteiger partial charge is 0.296 e. The van der Waals surface area contributed by atoms with Gasteiger partial charge in [-0.2, -0.15) is 5.10 Å². The molecule has 1 aromatic carbocycles. The van der Waals surface area contributed by atoms with Gasteiger partial charge in [0.2, 0.25) is 0 Å². The zero-order valence-corrected chi connectivity index (χ0v) is 6.82. The third-order valence-corrected chi connectivity index (χ3v) is 1.31. The average Bonchev–Trinajstić information content (AvgIpc) is 2.16. The first-order chi connectivity index (χ1) is 5.83. The number of para-hydroxylation sites is 1. The molecule has 0 spiro atoms. The summed E-state index contributed by atoms with van der Waals surface area (Å²) in [5.74, 6) is 0. The van der Waals surface area contributed by atoms with E-state index in [0.29, 0.717) is 12.0 Å². The van der Waals surface area contributed by atoms with Crippen LogP contribution in [0.3, 0.4) is 0 Å². The minimum absolute atomic E-state index is 0.429. The molecule has 62 valence electrons. The number of carbonyl (C=O) groups excluding carboxylic acids is 1. The van der Waals surface area contributed by atoms with E-state index < -0.39 is 0 Å². The Morgan fingerprint density at radius 3 is 2.67 bits per heavy atom. The molecule has 12 heavy (non-hydrogen) atoms. The topological polar surface area (TPSA) is 41.5 Å². The summed E-state index contributed by atoms with van der Waals surface area (Å²) in [6, 6.07) is 9.47. The summed E-state index contributed by atoms with van der Waals surface area (Å²) in [5, 5.41) is 3.81. The molecule has 3 nitrogen and oxygen atoms in total. The van der Waals surface area contributed by atoms with Crippen molar-refractivity contribution in [2.24, 2.45) is 5.10 Å². The van der Waals surface area contributed by atoms with Gasteiger partial charge in [0.05, 0.1) is 11.4 Å². The van der Waals surface area contributed by atoms with E-state index in [9.17, 15) is 4.79 Å². The molecule has 0 saturated carbocycles. The second-order valence-corrected chi connectivity index (χ2v) is 2.35. The zero-order valence-electron chi connectivity index (χ0n) is 6.82. The number of aldehydes is 1. The Morgan fingerprint density at radius 2 is 2.08 bits per heavy atom. The molecule has 0 heterocycles. The Labute approximate surface area is 71.1 Å². The summed E-state index contributed by atoms with van der Waals surface area (Å²) in [5.41, 5.74) is 4.06. The first-order valence-electron chi connectivity index (χ1n) is 3.63. The van der Waals surface area contributed by atoms with E-state index >= 15 is 0 Å². The van der Waals surface area contributed by atoms with Gasteiger partial charge in [-0.3, -0.25) is 10.2 Å². The lowest BCUT2D eigenvalue weighted by Crippen LogP contribution is -1.97. The Hall–Kier alpha value is -1.64. The molecule has 0 fully saturated rings. The van der Waals surface area contributed by atoms with Crippen molar-refractivity contribution in [1.82, 2.24) is 0 Å². The number of rotatable bonds is 3. The summed E-state index contributed by atoms with van der Waals surface area (Å²) in [4.78, 5) is 10.2. The van der Waals surface area contributed by atoms with Crippen molar-refractivity contribution in [2.75, 3.05) is 5.43 Å². The second-order valence-electron chi connectivity index (χ2n) is 2.35. The van der Waals surface area contributed by atoms with Gasteiger partial charge in [0.15, 0.2) is 6.29 Å². The third kappa shape index (κ3) is 2.54. The number of anilines is 1. The van der Waals surface area contributed by atoms with Crippen molar-refractivity contribution in [2.45, 2.75) is 6.92 Å². The van der Waals surface area contributed by atoms with Gasteiger partial charge in [0.1, 0.15) is 0 Å². The number of carbonyl (C=O) groups is 1. The monoisotopic (exact) mass is 162 g/mol. The predicted octanol–water partition coefficient (Wildman–Crippen LogP) is 1.67.